The molecule has 1 fully saturated rings. The third kappa shape index (κ3) is 5.01. The number of carbonyl (C=O) groups excluding carboxylic acids is 1. The monoisotopic (exact) mass is 259 g/mol. The van der Waals surface area contributed by atoms with Crippen molar-refractivity contribution < 1.29 is 24.2 Å². The molecule has 1 amide bonds. The fourth-order valence-electron chi connectivity index (χ4n) is 1.76. The van der Waals surface area contributed by atoms with Gasteiger partial charge in [-0.1, -0.05) is 6.92 Å². The lowest BCUT2D eigenvalue weighted by Gasteiger charge is -2.11. The lowest BCUT2D eigenvalue weighted by atomic mass is 10.2. The van der Waals surface area contributed by atoms with E-state index in [0.717, 1.165) is 19.4 Å². The first-order valence-corrected chi connectivity index (χ1v) is 6.39. The number of amides is 1. The fourth-order valence-corrected chi connectivity index (χ4v) is 1.76. The van der Waals surface area contributed by atoms with Crippen molar-refractivity contribution >= 4 is 11.9 Å². The molecule has 0 spiro atoms. The second kappa shape index (κ2) is 8.05. The molecule has 0 radical (unpaired) electrons. The van der Waals surface area contributed by atoms with Crippen LogP contribution in [-0.2, 0) is 19.1 Å². The normalized spacial score (nSPS) is 22.9. The molecule has 18 heavy (non-hydrogen) atoms. The van der Waals surface area contributed by atoms with Crippen LogP contribution in [0.1, 0.15) is 32.6 Å². The molecule has 0 bridgehead atoms. The highest BCUT2D eigenvalue weighted by Crippen LogP contribution is 2.19. The second-order valence-electron chi connectivity index (χ2n) is 4.29. The molecule has 2 atom stereocenters. The van der Waals surface area contributed by atoms with E-state index in [1.54, 1.807) is 0 Å². The molecule has 2 unspecified atom stereocenters. The van der Waals surface area contributed by atoms with Crippen molar-refractivity contribution in [2.24, 2.45) is 0 Å². The zero-order valence-corrected chi connectivity index (χ0v) is 10.7. The fraction of sp³-hybridized carbons (Fsp3) is 0.833. The highest BCUT2D eigenvalue weighted by Gasteiger charge is 2.34. The molecule has 1 aliphatic rings. The average Bonchev–Trinajstić information content (AvgIpc) is 2.83. The zero-order valence-electron chi connectivity index (χ0n) is 10.7. The number of nitrogens with one attached hydrogen (secondary N) is 1. The molecular formula is C12H21NO5. The molecule has 0 aliphatic carbocycles. The van der Waals surface area contributed by atoms with Crippen LogP contribution in [0.5, 0.6) is 0 Å². The molecule has 6 nitrogen and oxygen atoms in total. The molecule has 1 saturated heterocycles. The standard InChI is InChI=1S/C12H21NO5/c1-2-7-17-8-3-6-13-11(14)9-4-5-10(18-9)12(15)16/h9-10H,2-8H2,1H3,(H,13,14)(H,15,16). The lowest BCUT2D eigenvalue weighted by Crippen LogP contribution is -2.36. The minimum absolute atomic E-state index is 0.228. The van der Waals surface area contributed by atoms with Crippen molar-refractivity contribution in [1.29, 1.82) is 0 Å². The topological polar surface area (TPSA) is 84.9 Å². The van der Waals surface area contributed by atoms with Crippen LogP contribution in [-0.4, -0.2) is 48.9 Å². The minimum Gasteiger partial charge on any atom is -0.479 e. The second-order valence-corrected chi connectivity index (χ2v) is 4.29. The van der Waals surface area contributed by atoms with Crippen molar-refractivity contribution in [3.8, 4) is 0 Å². The van der Waals surface area contributed by atoms with Crippen LogP contribution in [0, 0.1) is 0 Å². The predicted molar refractivity (Wildman–Crippen MR) is 64.3 cm³/mol. The lowest BCUT2D eigenvalue weighted by molar-refractivity contribution is -0.151. The van der Waals surface area contributed by atoms with E-state index in [2.05, 4.69) is 5.32 Å². The Morgan fingerprint density at radius 1 is 1.33 bits per heavy atom. The van der Waals surface area contributed by atoms with Crippen LogP contribution < -0.4 is 5.32 Å². The van der Waals surface area contributed by atoms with Crippen LogP contribution in [0.25, 0.3) is 0 Å². The van der Waals surface area contributed by atoms with Crippen molar-refractivity contribution in [3.63, 3.8) is 0 Å². The molecule has 0 aromatic heterocycles. The molecule has 104 valence electrons. The van der Waals surface area contributed by atoms with Gasteiger partial charge in [-0.15, -0.1) is 0 Å². The van der Waals surface area contributed by atoms with Crippen LogP contribution in [0.4, 0.5) is 0 Å². The van der Waals surface area contributed by atoms with Crippen molar-refractivity contribution in [3.05, 3.63) is 0 Å². The van der Waals surface area contributed by atoms with Crippen molar-refractivity contribution in [1.82, 2.24) is 5.32 Å². The molecule has 6 heteroatoms. The number of carboxylic acid groups (broad SMARTS) is 1. The smallest absolute Gasteiger partial charge is 0.332 e. The molecule has 1 aliphatic heterocycles. The summed E-state index contributed by atoms with van der Waals surface area (Å²) in [4.78, 5) is 22.3. The van der Waals surface area contributed by atoms with Gasteiger partial charge in [0.25, 0.3) is 0 Å². The van der Waals surface area contributed by atoms with E-state index < -0.39 is 18.2 Å². The summed E-state index contributed by atoms with van der Waals surface area (Å²) in [6.45, 7) is 3.93. The predicted octanol–water partition coefficient (Wildman–Crippen LogP) is 0.551. The van der Waals surface area contributed by atoms with Gasteiger partial charge in [-0.2, -0.15) is 0 Å². The summed E-state index contributed by atoms with van der Waals surface area (Å²) in [6, 6.07) is 0. The largest absolute Gasteiger partial charge is 0.479 e. The van der Waals surface area contributed by atoms with Gasteiger partial charge in [0, 0.05) is 19.8 Å². The number of carbonyl (C=O) groups is 2. The van der Waals surface area contributed by atoms with Gasteiger partial charge in [0.05, 0.1) is 0 Å². The van der Waals surface area contributed by atoms with Gasteiger partial charge >= 0.3 is 5.97 Å². The maximum Gasteiger partial charge on any atom is 0.332 e. The Morgan fingerprint density at radius 3 is 2.67 bits per heavy atom. The SMILES string of the molecule is CCCOCCCNC(=O)C1CCC(C(=O)O)O1. The van der Waals surface area contributed by atoms with E-state index in [4.69, 9.17) is 14.6 Å². The summed E-state index contributed by atoms with van der Waals surface area (Å²) in [7, 11) is 0. The number of hydrogen-bond donors (Lipinski definition) is 2. The van der Waals surface area contributed by atoms with Crippen LogP contribution in [0.15, 0.2) is 0 Å². The molecule has 2 N–H and O–H groups in total. The summed E-state index contributed by atoms with van der Waals surface area (Å²) in [5.74, 6) is -1.23. The Labute approximate surface area is 107 Å². The van der Waals surface area contributed by atoms with Crippen LogP contribution in [0.2, 0.25) is 0 Å². The van der Waals surface area contributed by atoms with Gasteiger partial charge < -0.3 is 19.9 Å². The molecule has 1 heterocycles. The molecule has 0 saturated carbocycles. The first-order chi connectivity index (χ1) is 8.65. The van der Waals surface area contributed by atoms with Crippen molar-refractivity contribution in [2.45, 2.75) is 44.8 Å². The van der Waals surface area contributed by atoms with Gasteiger partial charge in [0.2, 0.25) is 5.91 Å². The summed E-state index contributed by atoms with van der Waals surface area (Å²) >= 11 is 0. The number of carboxylic acids is 1. The first kappa shape index (κ1) is 14.9. The highest BCUT2D eigenvalue weighted by atomic mass is 16.5. The third-order valence-corrected chi connectivity index (χ3v) is 2.70. The summed E-state index contributed by atoms with van der Waals surface area (Å²) in [5, 5.41) is 11.5. The molecule has 0 aromatic rings. The summed E-state index contributed by atoms with van der Waals surface area (Å²) in [5.41, 5.74) is 0. The van der Waals surface area contributed by atoms with E-state index in [1.165, 1.54) is 0 Å². The van der Waals surface area contributed by atoms with Gasteiger partial charge in [0.1, 0.15) is 6.10 Å². The maximum atomic E-state index is 11.6. The quantitative estimate of drug-likeness (QED) is 0.622. The summed E-state index contributed by atoms with van der Waals surface area (Å²) < 4.78 is 10.4. The van der Waals surface area contributed by atoms with Gasteiger partial charge in [-0.3, -0.25) is 4.79 Å². The Kier molecular flexibility index (Phi) is 6.67. The third-order valence-electron chi connectivity index (χ3n) is 2.70. The van der Waals surface area contributed by atoms with E-state index in [1.807, 2.05) is 6.92 Å². The highest BCUT2D eigenvalue weighted by molar-refractivity contribution is 5.82. The zero-order chi connectivity index (χ0) is 13.4. The van der Waals surface area contributed by atoms with Crippen LogP contribution in [0.3, 0.4) is 0 Å². The first-order valence-electron chi connectivity index (χ1n) is 6.39. The average molecular weight is 259 g/mol. The van der Waals surface area contributed by atoms with E-state index in [-0.39, 0.29) is 5.91 Å². The number of aliphatic carboxylic acids is 1. The van der Waals surface area contributed by atoms with E-state index >= 15 is 0 Å². The Morgan fingerprint density at radius 2 is 2.06 bits per heavy atom. The van der Waals surface area contributed by atoms with Crippen LogP contribution >= 0.6 is 0 Å². The summed E-state index contributed by atoms with van der Waals surface area (Å²) in [6.07, 6.45) is 1.14. The Hall–Kier alpha value is -1.14. The Balaban J connectivity index is 2.09. The molecule has 0 aromatic carbocycles. The molecule has 1 rings (SSSR count). The van der Waals surface area contributed by atoms with E-state index in [9.17, 15) is 9.59 Å². The van der Waals surface area contributed by atoms with E-state index in [0.29, 0.717) is 26.0 Å². The number of hydrogen-bond acceptors (Lipinski definition) is 4. The minimum atomic E-state index is -1.00. The molecular weight excluding hydrogens is 238 g/mol. The number of rotatable bonds is 8. The van der Waals surface area contributed by atoms with Gasteiger partial charge in [0.15, 0.2) is 6.10 Å². The van der Waals surface area contributed by atoms with Gasteiger partial charge in [-0.05, 0) is 25.7 Å². The maximum absolute atomic E-state index is 11.6. The van der Waals surface area contributed by atoms with Crippen molar-refractivity contribution in [2.75, 3.05) is 19.8 Å². The number of ether oxygens (including phenoxy) is 2. The Bertz CT molecular complexity index is 282. The van der Waals surface area contributed by atoms with Gasteiger partial charge in [-0.25, -0.2) is 4.79 Å².